The Morgan fingerprint density at radius 1 is 0.895 bits per heavy atom. The second-order valence-electron chi connectivity index (χ2n) is 9.07. The number of benzene rings is 2. The zero-order valence-electron chi connectivity index (χ0n) is 21.2. The number of pyridine rings is 1. The molecule has 3 aromatic heterocycles. The number of H-pyrrole nitrogens is 1. The van der Waals surface area contributed by atoms with E-state index in [1.807, 2.05) is 42.3 Å². The lowest BCUT2D eigenvalue weighted by atomic mass is 10.0. The molecule has 0 atom stereocenters. The number of fused-ring (bicyclic) bond motifs is 1. The average molecular weight is 524 g/mol. The van der Waals surface area contributed by atoms with Crippen molar-refractivity contribution in [2.45, 2.75) is 13.5 Å². The van der Waals surface area contributed by atoms with Crippen LogP contribution in [-0.2, 0) is 6.61 Å². The molecule has 1 fully saturated rings. The Bertz CT molecular complexity index is 1500. The average Bonchev–Trinajstić information content (AvgIpc) is 3.41. The largest absolute Gasteiger partial charge is 0.488 e. The van der Waals surface area contributed by atoms with E-state index in [1.54, 1.807) is 12.4 Å². The van der Waals surface area contributed by atoms with E-state index >= 15 is 0 Å². The first kappa shape index (κ1) is 24.4. The number of nitrogens with zero attached hydrogens (tertiary/aromatic N) is 6. The highest BCUT2D eigenvalue weighted by Crippen LogP contribution is 2.34. The van der Waals surface area contributed by atoms with E-state index in [9.17, 15) is 0 Å². The second-order valence-corrected chi connectivity index (χ2v) is 10.4. The van der Waals surface area contributed by atoms with Gasteiger partial charge in [-0.1, -0.05) is 49.2 Å². The number of aromatic amines is 1. The Morgan fingerprint density at radius 3 is 2.50 bits per heavy atom. The minimum atomic E-state index is 0.476. The van der Waals surface area contributed by atoms with Crippen molar-refractivity contribution >= 4 is 28.9 Å². The van der Waals surface area contributed by atoms with Crippen molar-refractivity contribution in [3.63, 3.8) is 0 Å². The van der Waals surface area contributed by atoms with E-state index in [2.05, 4.69) is 61.4 Å². The van der Waals surface area contributed by atoms with Crippen LogP contribution in [0.4, 0.5) is 5.82 Å². The zero-order valence-corrected chi connectivity index (χ0v) is 22.1. The van der Waals surface area contributed by atoms with Gasteiger partial charge in [0.2, 0.25) is 0 Å². The Labute approximate surface area is 226 Å². The molecule has 38 heavy (non-hydrogen) atoms. The monoisotopic (exact) mass is 523 g/mol. The summed E-state index contributed by atoms with van der Waals surface area (Å²) in [5.74, 6) is 3.62. The van der Waals surface area contributed by atoms with Gasteiger partial charge >= 0.3 is 0 Å². The van der Waals surface area contributed by atoms with Crippen molar-refractivity contribution in [2.75, 3.05) is 36.8 Å². The van der Waals surface area contributed by atoms with E-state index in [0.29, 0.717) is 6.61 Å². The molecule has 0 unspecified atom stereocenters. The summed E-state index contributed by atoms with van der Waals surface area (Å²) in [7, 11) is 0. The standard InChI is InChI=1S/C29H29N7OS/c1-2-38-36-14-12-35(13-15-36)27-11-9-25-29(33-27)34-28(32-25)22-8-10-26(37-19-21-6-4-3-5-7-21)24(16-22)23-17-30-20-31-18-23/h3-11,16-18,20H,2,12-15,19H2,1H3,(H,32,33,34). The SMILES string of the molecule is CCSN1CCN(c2ccc3[nH]c(-c4ccc(OCc5ccccc5)c(-c5cncnc5)c4)nc3n2)CC1. The van der Waals surface area contributed by atoms with Crippen LogP contribution < -0.4 is 9.64 Å². The first-order chi connectivity index (χ1) is 18.8. The van der Waals surface area contributed by atoms with E-state index in [4.69, 9.17) is 14.7 Å². The van der Waals surface area contributed by atoms with Crippen molar-refractivity contribution in [1.29, 1.82) is 0 Å². The van der Waals surface area contributed by atoms with E-state index in [-0.39, 0.29) is 0 Å². The highest BCUT2D eigenvalue weighted by molar-refractivity contribution is 7.96. The highest BCUT2D eigenvalue weighted by Gasteiger charge is 2.19. The van der Waals surface area contributed by atoms with Gasteiger partial charge in [-0.3, -0.25) is 0 Å². The summed E-state index contributed by atoms with van der Waals surface area (Å²) < 4.78 is 8.66. The minimum Gasteiger partial charge on any atom is -0.488 e. The molecule has 192 valence electrons. The van der Waals surface area contributed by atoms with Gasteiger partial charge in [-0.2, -0.15) is 0 Å². The maximum absolute atomic E-state index is 6.22. The summed E-state index contributed by atoms with van der Waals surface area (Å²) in [4.78, 5) is 24.0. The van der Waals surface area contributed by atoms with Crippen LogP contribution in [0.25, 0.3) is 33.7 Å². The van der Waals surface area contributed by atoms with Crippen LogP contribution in [0.3, 0.4) is 0 Å². The van der Waals surface area contributed by atoms with Crippen LogP contribution in [-0.4, -0.2) is 61.2 Å². The number of hydrogen-bond donors (Lipinski definition) is 1. The molecule has 0 radical (unpaired) electrons. The predicted octanol–water partition coefficient (Wildman–Crippen LogP) is 5.45. The van der Waals surface area contributed by atoms with Crippen molar-refractivity contribution in [3.8, 4) is 28.3 Å². The summed E-state index contributed by atoms with van der Waals surface area (Å²) in [6.07, 6.45) is 5.13. The number of piperazine rings is 1. The van der Waals surface area contributed by atoms with Gasteiger partial charge in [-0.25, -0.2) is 24.2 Å². The molecular weight excluding hydrogens is 494 g/mol. The number of hydrogen-bond acceptors (Lipinski definition) is 8. The molecule has 0 spiro atoms. The molecule has 8 nitrogen and oxygen atoms in total. The third-order valence-electron chi connectivity index (χ3n) is 6.57. The number of nitrogens with one attached hydrogen (secondary N) is 1. The van der Waals surface area contributed by atoms with Crippen LogP contribution >= 0.6 is 11.9 Å². The van der Waals surface area contributed by atoms with E-state index in [0.717, 1.165) is 82.7 Å². The van der Waals surface area contributed by atoms with Crippen LogP contribution in [0.5, 0.6) is 5.75 Å². The highest BCUT2D eigenvalue weighted by atomic mass is 32.2. The minimum absolute atomic E-state index is 0.476. The van der Waals surface area contributed by atoms with Gasteiger partial charge in [0.05, 0.1) is 5.52 Å². The van der Waals surface area contributed by atoms with Gasteiger partial charge < -0.3 is 14.6 Å². The molecule has 0 aliphatic carbocycles. The molecule has 4 heterocycles. The lowest BCUT2D eigenvalue weighted by molar-refractivity contribution is 0.307. The van der Waals surface area contributed by atoms with Gasteiger partial charge in [0.25, 0.3) is 0 Å². The van der Waals surface area contributed by atoms with E-state index < -0.39 is 0 Å². The van der Waals surface area contributed by atoms with Gasteiger partial charge in [0.1, 0.15) is 30.3 Å². The molecule has 0 amide bonds. The molecule has 1 aliphatic rings. The quantitative estimate of drug-likeness (QED) is 0.269. The fraction of sp³-hybridized carbons (Fsp3) is 0.241. The van der Waals surface area contributed by atoms with E-state index in [1.165, 1.54) is 6.33 Å². The van der Waals surface area contributed by atoms with Gasteiger partial charge in [0.15, 0.2) is 5.65 Å². The summed E-state index contributed by atoms with van der Waals surface area (Å²) >= 11 is 1.91. The summed E-state index contributed by atoms with van der Waals surface area (Å²) in [6.45, 7) is 6.68. The van der Waals surface area contributed by atoms with Gasteiger partial charge in [-0.15, -0.1) is 0 Å². The third-order valence-corrected chi connectivity index (χ3v) is 7.56. The molecular formula is C29H29N7OS. The second kappa shape index (κ2) is 11.2. The van der Waals surface area contributed by atoms with Crippen molar-refractivity contribution in [2.24, 2.45) is 0 Å². The van der Waals surface area contributed by atoms with Crippen LogP contribution in [0.15, 0.2) is 79.4 Å². The van der Waals surface area contributed by atoms with Crippen LogP contribution in [0.1, 0.15) is 12.5 Å². The van der Waals surface area contributed by atoms with Crippen molar-refractivity contribution in [3.05, 3.63) is 84.9 Å². The summed E-state index contributed by atoms with van der Waals surface area (Å²) in [6, 6.07) is 20.4. The summed E-state index contributed by atoms with van der Waals surface area (Å²) in [5, 5.41) is 0. The Kier molecular flexibility index (Phi) is 7.19. The lowest BCUT2D eigenvalue weighted by Crippen LogP contribution is -2.43. The predicted molar refractivity (Wildman–Crippen MR) is 153 cm³/mol. The number of rotatable bonds is 8. The first-order valence-electron chi connectivity index (χ1n) is 12.8. The van der Waals surface area contributed by atoms with Crippen LogP contribution in [0, 0.1) is 0 Å². The fourth-order valence-electron chi connectivity index (χ4n) is 4.63. The maximum Gasteiger partial charge on any atom is 0.180 e. The van der Waals surface area contributed by atoms with Crippen molar-refractivity contribution < 1.29 is 4.74 Å². The smallest absolute Gasteiger partial charge is 0.180 e. The molecule has 1 aliphatic heterocycles. The number of ether oxygens (including phenoxy) is 1. The number of aromatic nitrogens is 5. The Hall–Kier alpha value is -3.95. The topological polar surface area (TPSA) is 83.1 Å². The molecule has 9 heteroatoms. The first-order valence-corrected chi connectivity index (χ1v) is 13.8. The number of imidazole rings is 1. The molecule has 6 rings (SSSR count). The molecule has 0 saturated carbocycles. The normalized spacial score (nSPS) is 14.2. The zero-order chi connectivity index (χ0) is 25.7. The Morgan fingerprint density at radius 2 is 1.71 bits per heavy atom. The third kappa shape index (κ3) is 5.34. The van der Waals surface area contributed by atoms with Crippen LogP contribution in [0.2, 0.25) is 0 Å². The fourth-order valence-corrected chi connectivity index (χ4v) is 5.41. The number of anilines is 1. The Balaban J connectivity index is 1.27. The molecule has 2 aromatic carbocycles. The molecule has 5 aromatic rings. The summed E-state index contributed by atoms with van der Waals surface area (Å²) in [5.41, 5.74) is 5.48. The molecule has 1 N–H and O–H groups in total. The van der Waals surface area contributed by atoms with Gasteiger partial charge in [0, 0.05) is 61.0 Å². The van der Waals surface area contributed by atoms with Gasteiger partial charge in [-0.05, 0) is 35.9 Å². The molecule has 1 saturated heterocycles. The lowest BCUT2D eigenvalue weighted by Gasteiger charge is -2.34. The molecule has 0 bridgehead atoms. The maximum atomic E-state index is 6.22. The van der Waals surface area contributed by atoms with Crippen molar-refractivity contribution in [1.82, 2.24) is 29.2 Å².